The second-order valence-electron chi connectivity index (χ2n) is 5.20. The number of H-pyrrole nitrogens is 1. The Bertz CT molecular complexity index is 998. The van der Waals surface area contributed by atoms with Crippen molar-refractivity contribution in [3.63, 3.8) is 0 Å². The van der Waals surface area contributed by atoms with Crippen molar-refractivity contribution >= 4 is 34.9 Å². The molecule has 10 heteroatoms. The van der Waals surface area contributed by atoms with Gasteiger partial charge in [0.2, 0.25) is 5.82 Å². The van der Waals surface area contributed by atoms with E-state index in [1.165, 1.54) is 13.0 Å². The van der Waals surface area contributed by atoms with Crippen LogP contribution in [0.2, 0.25) is 10.0 Å². The number of rotatable bonds is 5. The lowest BCUT2D eigenvalue weighted by Crippen LogP contribution is -2.08. The third-order valence-electron chi connectivity index (χ3n) is 3.26. The van der Waals surface area contributed by atoms with Gasteiger partial charge in [-0.15, -0.1) is 0 Å². The summed E-state index contributed by atoms with van der Waals surface area (Å²) in [6, 6.07) is 6.56. The highest BCUT2D eigenvalue weighted by atomic mass is 35.5. The predicted octanol–water partition coefficient (Wildman–Crippen LogP) is 3.27. The topological polar surface area (TPSA) is 110 Å². The fraction of sp³-hybridized carbons (Fsp3) is 0.125. The molecule has 0 amide bonds. The van der Waals surface area contributed by atoms with E-state index < -0.39 is 11.7 Å². The Balaban J connectivity index is 1.76. The third kappa shape index (κ3) is 4.22. The van der Waals surface area contributed by atoms with Crippen LogP contribution >= 0.6 is 23.2 Å². The first-order valence-electron chi connectivity index (χ1n) is 7.35. The fourth-order valence-electron chi connectivity index (χ4n) is 2.18. The van der Waals surface area contributed by atoms with Gasteiger partial charge in [0, 0.05) is 24.1 Å². The van der Waals surface area contributed by atoms with Gasteiger partial charge in [-0.05, 0) is 24.3 Å². The number of nitrogens with one attached hydrogen (secondary N) is 2. The van der Waals surface area contributed by atoms with E-state index in [9.17, 15) is 9.59 Å². The van der Waals surface area contributed by atoms with Crippen molar-refractivity contribution < 1.29 is 14.1 Å². The number of benzene rings is 1. The molecular weight excluding hydrogens is 383 g/mol. The van der Waals surface area contributed by atoms with Crippen LogP contribution in [0.1, 0.15) is 12.5 Å². The van der Waals surface area contributed by atoms with Crippen molar-refractivity contribution in [2.75, 3.05) is 5.32 Å². The Morgan fingerprint density at radius 2 is 2.15 bits per heavy atom. The standard InChI is InChI=1S/C16H12Cl2N4O4/c1-8(23)25-14-9(4-10(17)5-12(14)18)6-19-11-2-3-13(20-7-11)15-21-16(24)26-22-15/h2-5,7,19H,6H2,1H3,(H,21,22,24). The Hall–Kier alpha value is -2.84. The minimum Gasteiger partial charge on any atom is -0.425 e. The van der Waals surface area contributed by atoms with Crippen LogP contribution in [-0.2, 0) is 11.3 Å². The first-order chi connectivity index (χ1) is 12.4. The molecule has 0 aliphatic rings. The highest BCUT2D eigenvalue weighted by Crippen LogP contribution is 2.33. The monoisotopic (exact) mass is 394 g/mol. The molecule has 3 aromatic rings. The number of pyridine rings is 1. The zero-order chi connectivity index (χ0) is 18.7. The zero-order valence-electron chi connectivity index (χ0n) is 13.4. The van der Waals surface area contributed by atoms with Crippen molar-refractivity contribution in [2.45, 2.75) is 13.5 Å². The number of ether oxygens (including phenoxy) is 1. The van der Waals surface area contributed by atoms with Gasteiger partial charge in [-0.25, -0.2) is 4.79 Å². The number of esters is 1. The molecule has 0 saturated carbocycles. The van der Waals surface area contributed by atoms with E-state index in [0.29, 0.717) is 28.5 Å². The number of carbonyl (C=O) groups is 1. The van der Waals surface area contributed by atoms with Crippen LogP contribution in [0.4, 0.5) is 5.69 Å². The lowest BCUT2D eigenvalue weighted by atomic mass is 10.2. The van der Waals surface area contributed by atoms with Crippen LogP contribution in [-0.4, -0.2) is 21.1 Å². The minimum absolute atomic E-state index is 0.236. The second kappa shape index (κ2) is 7.59. The van der Waals surface area contributed by atoms with Gasteiger partial charge in [-0.1, -0.05) is 28.4 Å². The highest BCUT2D eigenvalue weighted by molar-refractivity contribution is 6.35. The van der Waals surface area contributed by atoms with E-state index in [1.54, 1.807) is 24.4 Å². The Kier molecular flexibility index (Phi) is 5.24. The molecule has 8 nitrogen and oxygen atoms in total. The van der Waals surface area contributed by atoms with Crippen molar-refractivity contribution in [3.05, 3.63) is 56.6 Å². The van der Waals surface area contributed by atoms with E-state index in [0.717, 1.165) is 0 Å². The smallest absolute Gasteiger partial charge is 0.425 e. The SMILES string of the molecule is CC(=O)Oc1c(Cl)cc(Cl)cc1CNc1ccc(-c2noc(=O)[nH]2)nc1. The minimum atomic E-state index is -0.653. The number of hydrogen-bond donors (Lipinski definition) is 2. The fourth-order valence-corrected chi connectivity index (χ4v) is 2.75. The van der Waals surface area contributed by atoms with E-state index in [4.69, 9.17) is 27.9 Å². The van der Waals surface area contributed by atoms with E-state index >= 15 is 0 Å². The molecule has 134 valence electrons. The van der Waals surface area contributed by atoms with Gasteiger partial charge in [0.05, 0.1) is 16.9 Å². The van der Waals surface area contributed by atoms with Crippen molar-refractivity contribution in [3.8, 4) is 17.3 Å². The molecule has 2 aromatic heterocycles. The highest BCUT2D eigenvalue weighted by Gasteiger charge is 2.13. The number of aromatic amines is 1. The summed E-state index contributed by atoms with van der Waals surface area (Å²) in [6.45, 7) is 1.59. The van der Waals surface area contributed by atoms with Crippen molar-refractivity contribution in [1.82, 2.24) is 15.1 Å². The molecule has 0 spiro atoms. The van der Waals surface area contributed by atoms with Crippen LogP contribution in [0, 0.1) is 0 Å². The van der Waals surface area contributed by atoms with Crippen LogP contribution in [0.25, 0.3) is 11.5 Å². The molecule has 0 aliphatic heterocycles. The summed E-state index contributed by atoms with van der Waals surface area (Å²) in [5.41, 5.74) is 1.75. The first kappa shape index (κ1) is 18.0. The summed E-state index contributed by atoms with van der Waals surface area (Å²) >= 11 is 12.1. The maximum absolute atomic E-state index is 11.3. The molecule has 1 aromatic carbocycles. The first-order valence-corrected chi connectivity index (χ1v) is 8.10. The molecule has 26 heavy (non-hydrogen) atoms. The number of anilines is 1. The van der Waals surface area contributed by atoms with E-state index in [1.807, 2.05) is 0 Å². The van der Waals surface area contributed by atoms with Gasteiger partial charge >= 0.3 is 11.7 Å². The molecule has 0 aliphatic carbocycles. The van der Waals surface area contributed by atoms with Crippen LogP contribution in [0.5, 0.6) is 5.75 Å². The summed E-state index contributed by atoms with van der Waals surface area (Å²) in [7, 11) is 0. The summed E-state index contributed by atoms with van der Waals surface area (Å²) in [6.07, 6.45) is 1.56. The summed E-state index contributed by atoms with van der Waals surface area (Å²) in [4.78, 5) is 28.8. The lowest BCUT2D eigenvalue weighted by molar-refractivity contribution is -0.131. The number of aromatic nitrogens is 3. The van der Waals surface area contributed by atoms with Gasteiger partial charge in [0.1, 0.15) is 5.69 Å². The number of hydrogen-bond acceptors (Lipinski definition) is 7. The maximum Gasteiger partial charge on any atom is 0.439 e. The Labute approximate surface area is 157 Å². The van der Waals surface area contributed by atoms with Crippen LogP contribution in [0.3, 0.4) is 0 Å². The average molecular weight is 395 g/mol. The molecule has 0 radical (unpaired) electrons. The zero-order valence-corrected chi connectivity index (χ0v) is 14.9. The molecule has 2 heterocycles. The summed E-state index contributed by atoms with van der Waals surface area (Å²) in [5.74, 6) is -0.649. The largest absolute Gasteiger partial charge is 0.439 e. The average Bonchev–Trinajstić information content (AvgIpc) is 3.02. The van der Waals surface area contributed by atoms with Gasteiger partial charge < -0.3 is 10.1 Å². The van der Waals surface area contributed by atoms with Crippen LogP contribution < -0.4 is 15.8 Å². The lowest BCUT2D eigenvalue weighted by Gasteiger charge is -2.13. The molecule has 0 bridgehead atoms. The predicted molar refractivity (Wildman–Crippen MR) is 95.5 cm³/mol. The number of carbonyl (C=O) groups excluding carboxylic acids is 1. The Morgan fingerprint density at radius 1 is 1.35 bits per heavy atom. The maximum atomic E-state index is 11.3. The van der Waals surface area contributed by atoms with Crippen molar-refractivity contribution in [1.29, 1.82) is 0 Å². The Morgan fingerprint density at radius 3 is 2.77 bits per heavy atom. The second-order valence-corrected chi connectivity index (χ2v) is 6.04. The normalized spacial score (nSPS) is 10.6. The molecule has 0 atom stereocenters. The van der Waals surface area contributed by atoms with Crippen molar-refractivity contribution in [2.24, 2.45) is 0 Å². The van der Waals surface area contributed by atoms with E-state index in [-0.39, 0.29) is 16.6 Å². The summed E-state index contributed by atoms with van der Waals surface area (Å²) < 4.78 is 9.60. The molecule has 0 saturated heterocycles. The quantitative estimate of drug-likeness (QED) is 0.504. The molecule has 3 rings (SSSR count). The summed E-state index contributed by atoms with van der Waals surface area (Å²) in [5, 5.41) is 7.36. The van der Waals surface area contributed by atoms with Crippen LogP contribution in [0.15, 0.2) is 39.8 Å². The molecule has 2 N–H and O–H groups in total. The molecular formula is C16H12Cl2N4O4. The third-order valence-corrected chi connectivity index (χ3v) is 3.76. The van der Waals surface area contributed by atoms with E-state index in [2.05, 4.69) is 25.0 Å². The van der Waals surface area contributed by atoms with Gasteiger partial charge in [-0.2, -0.15) is 0 Å². The van der Waals surface area contributed by atoms with Gasteiger partial charge in [0.15, 0.2) is 5.75 Å². The number of nitrogens with zero attached hydrogens (tertiary/aromatic N) is 2. The molecule has 0 fully saturated rings. The molecule has 0 unspecified atom stereocenters. The van der Waals surface area contributed by atoms with Gasteiger partial charge in [0.25, 0.3) is 0 Å². The van der Waals surface area contributed by atoms with Gasteiger partial charge in [-0.3, -0.25) is 19.3 Å². The number of halogens is 2.